The molecule has 0 radical (unpaired) electrons. The van der Waals surface area contributed by atoms with Crippen LogP contribution in [0.4, 0.5) is 0 Å². The molecule has 1 aromatic rings. The van der Waals surface area contributed by atoms with Crippen molar-refractivity contribution in [3.63, 3.8) is 0 Å². The zero-order valence-electron chi connectivity index (χ0n) is 8.90. The first-order valence-electron chi connectivity index (χ1n) is 5.03. The summed E-state index contributed by atoms with van der Waals surface area (Å²) in [5.41, 5.74) is 2.00. The van der Waals surface area contributed by atoms with Gasteiger partial charge in [0.05, 0.1) is 5.92 Å². The second-order valence-electron chi connectivity index (χ2n) is 3.61. The van der Waals surface area contributed by atoms with Crippen LogP contribution in [-0.4, -0.2) is 11.1 Å². The summed E-state index contributed by atoms with van der Waals surface area (Å²) in [6.45, 7) is 3.79. The van der Waals surface area contributed by atoms with Crippen LogP contribution < -0.4 is 0 Å². The molecular formula is C12H15BrO2. The molecule has 0 aromatic heterocycles. The van der Waals surface area contributed by atoms with Crippen molar-refractivity contribution >= 4 is 21.9 Å². The molecule has 1 aromatic carbocycles. The predicted octanol–water partition coefficient (Wildman–Crippen LogP) is 3.72. The molecule has 1 N–H and O–H groups in total. The number of benzene rings is 1. The molecule has 0 aliphatic heterocycles. The van der Waals surface area contributed by atoms with Crippen LogP contribution >= 0.6 is 15.9 Å². The largest absolute Gasteiger partial charge is 0.481 e. The fourth-order valence-electron chi connectivity index (χ4n) is 1.40. The molecule has 0 amide bonds. The van der Waals surface area contributed by atoms with Crippen LogP contribution in [0.25, 0.3) is 0 Å². The summed E-state index contributed by atoms with van der Waals surface area (Å²) in [7, 11) is 0. The van der Waals surface area contributed by atoms with Crippen molar-refractivity contribution in [1.29, 1.82) is 0 Å². The van der Waals surface area contributed by atoms with E-state index in [4.69, 9.17) is 5.11 Å². The number of carboxylic acid groups (broad SMARTS) is 1. The summed E-state index contributed by atoms with van der Waals surface area (Å²) in [6.07, 6.45) is 0.991. The topological polar surface area (TPSA) is 37.3 Å². The van der Waals surface area contributed by atoms with Crippen molar-refractivity contribution in [2.45, 2.75) is 31.0 Å². The zero-order chi connectivity index (χ0) is 11.4. The van der Waals surface area contributed by atoms with E-state index >= 15 is 0 Å². The predicted molar refractivity (Wildman–Crippen MR) is 64.5 cm³/mol. The average Bonchev–Trinajstić information content (AvgIpc) is 2.27. The number of rotatable bonds is 4. The van der Waals surface area contributed by atoms with Crippen molar-refractivity contribution in [1.82, 2.24) is 0 Å². The first-order chi connectivity index (χ1) is 7.06. The maximum atomic E-state index is 10.8. The number of carboxylic acids is 1. The molecule has 0 aliphatic rings. The molecule has 1 unspecified atom stereocenters. The van der Waals surface area contributed by atoms with Gasteiger partial charge in [-0.1, -0.05) is 47.1 Å². The SMILES string of the molecule is CCC(Br)c1cccc([C@@H](C)C(=O)O)c1. The van der Waals surface area contributed by atoms with Crippen LogP contribution in [-0.2, 0) is 4.79 Å². The monoisotopic (exact) mass is 270 g/mol. The second-order valence-corrected chi connectivity index (χ2v) is 4.71. The van der Waals surface area contributed by atoms with Crippen molar-refractivity contribution in [3.05, 3.63) is 35.4 Å². The summed E-state index contributed by atoms with van der Waals surface area (Å²) in [6, 6.07) is 7.74. The normalized spacial score (nSPS) is 14.6. The number of halogens is 1. The van der Waals surface area contributed by atoms with E-state index in [1.54, 1.807) is 6.92 Å². The number of alkyl halides is 1. The molecule has 2 atom stereocenters. The number of hydrogen-bond acceptors (Lipinski definition) is 1. The first-order valence-corrected chi connectivity index (χ1v) is 5.94. The molecule has 0 fully saturated rings. The Kier molecular flexibility index (Phi) is 4.33. The molecule has 0 aliphatic carbocycles. The van der Waals surface area contributed by atoms with Gasteiger partial charge in [0.15, 0.2) is 0 Å². The van der Waals surface area contributed by atoms with Gasteiger partial charge in [0, 0.05) is 4.83 Å². The van der Waals surface area contributed by atoms with Gasteiger partial charge in [-0.25, -0.2) is 0 Å². The van der Waals surface area contributed by atoms with Crippen LogP contribution in [0.15, 0.2) is 24.3 Å². The first kappa shape index (κ1) is 12.2. The van der Waals surface area contributed by atoms with Gasteiger partial charge in [-0.2, -0.15) is 0 Å². The Bertz CT molecular complexity index is 349. The minimum absolute atomic E-state index is 0.304. The van der Waals surface area contributed by atoms with Gasteiger partial charge in [0.1, 0.15) is 0 Å². The number of aliphatic carboxylic acids is 1. The summed E-state index contributed by atoms with van der Waals surface area (Å²) in [5.74, 6) is -1.23. The van der Waals surface area contributed by atoms with Gasteiger partial charge >= 0.3 is 5.97 Å². The summed E-state index contributed by atoms with van der Waals surface area (Å²) < 4.78 is 0. The lowest BCUT2D eigenvalue weighted by Gasteiger charge is -2.11. The molecule has 0 saturated heterocycles. The molecule has 15 heavy (non-hydrogen) atoms. The third kappa shape index (κ3) is 3.06. The van der Waals surface area contributed by atoms with E-state index in [0.29, 0.717) is 4.83 Å². The van der Waals surface area contributed by atoms with E-state index in [0.717, 1.165) is 17.5 Å². The Labute approximate surface area is 98.4 Å². The van der Waals surface area contributed by atoms with Crippen LogP contribution in [0.1, 0.15) is 42.1 Å². The fraction of sp³-hybridized carbons (Fsp3) is 0.417. The fourth-order valence-corrected chi connectivity index (χ4v) is 1.69. The Morgan fingerprint density at radius 3 is 2.60 bits per heavy atom. The maximum Gasteiger partial charge on any atom is 0.310 e. The Balaban J connectivity index is 2.97. The van der Waals surface area contributed by atoms with Gasteiger partial charge in [0.25, 0.3) is 0 Å². The van der Waals surface area contributed by atoms with E-state index in [-0.39, 0.29) is 0 Å². The highest BCUT2D eigenvalue weighted by Crippen LogP contribution is 2.28. The molecule has 0 saturated carbocycles. The van der Waals surface area contributed by atoms with Crippen molar-refractivity contribution < 1.29 is 9.90 Å². The Hall–Kier alpha value is -0.830. The van der Waals surface area contributed by atoms with Crippen molar-refractivity contribution in [2.24, 2.45) is 0 Å². The molecule has 82 valence electrons. The molecule has 2 nitrogen and oxygen atoms in total. The van der Waals surface area contributed by atoms with E-state index < -0.39 is 11.9 Å². The lowest BCUT2D eigenvalue weighted by atomic mass is 9.98. The van der Waals surface area contributed by atoms with Crippen LogP contribution in [0, 0.1) is 0 Å². The summed E-state index contributed by atoms with van der Waals surface area (Å²) >= 11 is 3.56. The quantitative estimate of drug-likeness (QED) is 0.847. The standard InChI is InChI=1S/C12H15BrO2/c1-3-11(13)10-6-4-5-9(7-10)8(2)12(14)15/h4-8,11H,3H2,1-2H3,(H,14,15)/t8-,11?/m1/s1. The molecule has 0 spiro atoms. The Morgan fingerprint density at radius 1 is 1.47 bits per heavy atom. The molecule has 0 bridgehead atoms. The van der Waals surface area contributed by atoms with Gasteiger partial charge in [0.2, 0.25) is 0 Å². The molecular weight excluding hydrogens is 256 g/mol. The van der Waals surface area contributed by atoms with Crippen LogP contribution in [0.5, 0.6) is 0 Å². The number of carbonyl (C=O) groups is 1. The van der Waals surface area contributed by atoms with Crippen molar-refractivity contribution in [2.75, 3.05) is 0 Å². The summed E-state index contributed by atoms with van der Waals surface area (Å²) in [4.78, 5) is 11.1. The third-order valence-electron chi connectivity index (χ3n) is 2.50. The lowest BCUT2D eigenvalue weighted by Crippen LogP contribution is -2.07. The van der Waals surface area contributed by atoms with E-state index in [2.05, 4.69) is 22.9 Å². The third-order valence-corrected chi connectivity index (χ3v) is 3.68. The van der Waals surface area contributed by atoms with Crippen LogP contribution in [0.3, 0.4) is 0 Å². The van der Waals surface area contributed by atoms with Crippen molar-refractivity contribution in [3.8, 4) is 0 Å². The second kappa shape index (κ2) is 5.31. The zero-order valence-corrected chi connectivity index (χ0v) is 10.5. The molecule has 0 heterocycles. The lowest BCUT2D eigenvalue weighted by molar-refractivity contribution is -0.138. The highest BCUT2D eigenvalue weighted by atomic mass is 79.9. The number of hydrogen-bond donors (Lipinski definition) is 1. The van der Waals surface area contributed by atoms with E-state index in [1.165, 1.54) is 0 Å². The smallest absolute Gasteiger partial charge is 0.310 e. The summed E-state index contributed by atoms with van der Waals surface area (Å²) in [5, 5.41) is 8.91. The van der Waals surface area contributed by atoms with E-state index in [9.17, 15) is 4.79 Å². The Morgan fingerprint density at radius 2 is 2.07 bits per heavy atom. The minimum atomic E-state index is -0.783. The maximum absolute atomic E-state index is 10.8. The van der Waals surface area contributed by atoms with Gasteiger partial charge < -0.3 is 5.11 Å². The molecule has 3 heteroatoms. The highest BCUT2D eigenvalue weighted by molar-refractivity contribution is 9.09. The highest BCUT2D eigenvalue weighted by Gasteiger charge is 2.14. The van der Waals surface area contributed by atoms with E-state index in [1.807, 2.05) is 24.3 Å². The molecule has 1 rings (SSSR count). The minimum Gasteiger partial charge on any atom is -0.481 e. The van der Waals surface area contributed by atoms with Crippen LogP contribution in [0.2, 0.25) is 0 Å². The average molecular weight is 271 g/mol. The van der Waals surface area contributed by atoms with Gasteiger partial charge in [-0.05, 0) is 24.5 Å². The van der Waals surface area contributed by atoms with Gasteiger partial charge in [-0.15, -0.1) is 0 Å². The van der Waals surface area contributed by atoms with Gasteiger partial charge in [-0.3, -0.25) is 4.79 Å².